The van der Waals surface area contributed by atoms with Gasteiger partial charge >= 0.3 is 0 Å². The van der Waals surface area contributed by atoms with Crippen molar-refractivity contribution in [2.45, 2.75) is 63.5 Å². The molecule has 0 atom stereocenters. The molecule has 2 aromatic rings. The lowest BCUT2D eigenvalue weighted by Gasteiger charge is -2.32. The first-order valence-electron chi connectivity index (χ1n) is 9.30. The van der Waals surface area contributed by atoms with Crippen molar-refractivity contribution in [3.05, 3.63) is 29.4 Å². The molecule has 0 aromatic carbocycles. The topological polar surface area (TPSA) is 75.2 Å². The molecule has 0 radical (unpaired) electrons. The molecule has 0 bridgehead atoms. The molecule has 0 amide bonds. The molecule has 0 spiro atoms. The van der Waals surface area contributed by atoms with E-state index in [4.69, 9.17) is 14.0 Å². The van der Waals surface area contributed by atoms with Gasteiger partial charge in [-0.2, -0.15) is 4.98 Å². The number of hydrogen-bond donors (Lipinski definition) is 0. The van der Waals surface area contributed by atoms with E-state index in [0.29, 0.717) is 24.9 Å². The van der Waals surface area contributed by atoms with Crippen molar-refractivity contribution in [2.75, 3.05) is 20.3 Å². The Bertz CT molecular complexity index is 703. The van der Waals surface area contributed by atoms with Gasteiger partial charge in [0.2, 0.25) is 11.7 Å². The SMILES string of the molecule is COC1(c2noc(CCc3cnc4n3CCCCC4)n2)CCOCC1. The summed E-state index contributed by atoms with van der Waals surface area (Å²) in [7, 11) is 1.71. The van der Waals surface area contributed by atoms with Gasteiger partial charge < -0.3 is 18.6 Å². The van der Waals surface area contributed by atoms with E-state index in [-0.39, 0.29) is 0 Å². The van der Waals surface area contributed by atoms with E-state index in [1.807, 2.05) is 6.20 Å². The van der Waals surface area contributed by atoms with Crippen molar-refractivity contribution in [1.82, 2.24) is 19.7 Å². The van der Waals surface area contributed by atoms with Crippen molar-refractivity contribution in [2.24, 2.45) is 0 Å². The molecule has 1 fully saturated rings. The summed E-state index contributed by atoms with van der Waals surface area (Å²) in [5.41, 5.74) is 0.803. The Hall–Kier alpha value is -1.73. The van der Waals surface area contributed by atoms with E-state index in [9.17, 15) is 0 Å². The summed E-state index contributed by atoms with van der Waals surface area (Å²) < 4.78 is 19.1. The van der Waals surface area contributed by atoms with Crippen LogP contribution in [0.2, 0.25) is 0 Å². The number of imidazole rings is 1. The summed E-state index contributed by atoms with van der Waals surface area (Å²) in [5.74, 6) is 2.54. The van der Waals surface area contributed by atoms with E-state index >= 15 is 0 Å². The van der Waals surface area contributed by atoms with Crippen LogP contribution in [0.4, 0.5) is 0 Å². The van der Waals surface area contributed by atoms with Crippen LogP contribution in [0, 0.1) is 0 Å². The number of rotatable bonds is 5. The monoisotopic (exact) mass is 346 g/mol. The number of aromatic nitrogens is 4. The first-order valence-corrected chi connectivity index (χ1v) is 9.30. The van der Waals surface area contributed by atoms with Crippen molar-refractivity contribution in [3.63, 3.8) is 0 Å². The normalized spacial score (nSPS) is 20.2. The molecule has 2 aromatic heterocycles. The fourth-order valence-electron chi connectivity index (χ4n) is 3.85. The summed E-state index contributed by atoms with van der Waals surface area (Å²) in [4.78, 5) is 9.21. The van der Waals surface area contributed by atoms with E-state index in [0.717, 1.165) is 38.6 Å². The second-order valence-electron chi connectivity index (χ2n) is 6.95. The Kier molecular flexibility index (Phi) is 4.85. The minimum atomic E-state index is -0.465. The van der Waals surface area contributed by atoms with Gasteiger partial charge in [0.05, 0.1) is 0 Å². The third-order valence-electron chi connectivity index (χ3n) is 5.46. The molecule has 2 aliphatic rings. The van der Waals surface area contributed by atoms with Gasteiger partial charge in [0.25, 0.3) is 0 Å². The highest BCUT2D eigenvalue weighted by Gasteiger charge is 2.39. The molecule has 25 heavy (non-hydrogen) atoms. The maximum absolute atomic E-state index is 5.74. The van der Waals surface area contributed by atoms with Crippen molar-refractivity contribution < 1.29 is 14.0 Å². The van der Waals surface area contributed by atoms with E-state index in [1.54, 1.807) is 7.11 Å². The van der Waals surface area contributed by atoms with Crippen LogP contribution in [0.1, 0.15) is 55.3 Å². The first-order chi connectivity index (χ1) is 12.3. The van der Waals surface area contributed by atoms with Crippen LogP contribution in [0.5, 0.6) is 0 Å². The van der Waals surface area contributed by atoms with Crippen LogP contribution < -0.4 is 0 Å². The van der Waals surface area contributed by atoms with Crippen LogP contribution in [0.25, 0.3) is 0 Å². The largest absolute Gasteiger partial charge is 0.381 e. The lowest BCUT2D eigenvalue weighted by Crippen LogP contribution is -2.36. The zero-order valence-corrected chi connectivity index (χ0v) is 14.9. The van der Waals surface area contributed by atoms with Crippen LogP contribution in [0.3, 0.4) is 0 Å². The molecule has 4 rings (SSSR count). The van der Waals surface area contributed by atoms with Gasteiger partial charge in [-0.05, 0) is 19.3 Å². The van der Waals surface area contributed by atoms with Crippen molar-refractivity contribution in [1.29, 1.82) is 0 Å². The van der Waals surface area contributed by atoms with E-state index < -0.39 is 5.60 Å². The van der Waals surface area contributed by atoms with Gasteiger partial charge in [-0.25, -0.2) is 4.98 Å². The summed E-state index contributed by atoms with van der Waals surface area (Å²) in [6.07, 6.45) is 9.99. The summed E-state index contributed by atoms with van der Waals surface area (Å²) in [6, 6.07) is 0. The second-order valence-corrected chi connectivity index (χ2v) is 6.95. The average Bonchev–Trinajstić information content (AvgIpc) is 3.22. The Balaban J connectivity index is 1.44. The lowest BCUT2D eigenvalue weighted by molar-refractivity contribution is -0.101. The van der Waals surface area contributed by atoms with Crippen LogP contribution in [-0.2, 0) is 40.9 Å². The van der Waals surface area contributed by atoms with Gasteiger partial charge in [0.15, 0.2) is 0 Å². The Morgan fingerprint density at radius 1 is 1.20 bits per heavy atom. The number of ether oxygens (including phenoxy) is 2. The number of nitrogens with zero attached hydrogens (tertiary/aromatic N) is 4. The predicted octanol–water partition coefficient (Wildman–Crippen LogP) is 2.43. The summed E-state index contributed by atoms with van der Waals surface area (Å²) in [5, 5.41) is 4.20. The Labute approximate surface area is 147 Å². The van der Waals surface area contributed by atoms with E-state index in [2.05, 4.69) is 19.7 Å². The number of aryl methyl sites for hydroxylation is 3. The number of methoxy groups -OCH3 is 1. The third-order valence-corrected chi connectivity index (χ3v) is 5.46. The van der Waals surface area contributed by atoms with Gasteiger partial charge in [0, 0.05) is 64.4 Å². The lowest BCUT2D eigenvalue weighted by atomic mass is 9.93. The van der Waals surface area contributed by atoms with Gasteiger partial charge in [-0.3, -0.25) is 0 Å². The van der Waals surface area contributed by atoms with Crippen molar-refractivity contribution in [3.8, 4) is 0 Å². The zero-order valence-electron chi connectivity index (χ0n) is 14.9. The third kappa shape index (κ3) is 3.35. The molecule has 0 saturated carbocycles. The highest BCUT2D eigenvalue weighted by atomic mass is 16.5. The minimum Gasteiger partial charge on any atom is -0.381 e. The molecule has 7 nitrogen and oxygen atoms in total. The molecule has 7 heteroatoms. The maximum atomic E-state index is 5.74. The molecule has 0 N–H and O–H groups in total. The predicted molar refractivity (Wildman–Crippen MR) is 90.2 cm³/mol. The molecular formula is C18H26N4O3. The highest BCUT2D eigenvalue weighted by Crippen LogP contribution is 2.33. The first kappa shape index (κ1) is 16.7. The summed E-state index contributed by atoms with van der Waals surface area (Å²) >= 11 is 0. The zero-order chi connectivity index (χ0) is 17.1. The average molecular weight is 346 g/mol. The van der Waals surface area contributed by atoms with Crippen LogP contribution >= 0.6 is 0 Å². The van der Waals surface area contributed by atoms with Gasteiger partial charge in [0.1, 0.15) is 11.4 Å². The fraction of sp³-hybridized carbons (Fsp3) is 0.722. The fourth-order valence-corrected chi connectivity index (χ4v) is 3.85. The highest BCUT2D eigenvalue weighted by molar-refractivity contribution is 5.09. The summed E-state index contributed by atoms with van der Waals surface area (Å²) in [6.45, 7) is 2.41. The van der Waals surface area contributed by atoms with Gasteiger partial charge in [-0.1, -0.05) is 11.6 Å². The molecule has 4 heterocycles. The molecular weight excluding hydrogens is 320 g/mol. The standard InChI is InChI=1S/C18H26N4O3/c1-23-18(8-11-24-12-9-18)17-20-16(25-21-17)7-6-14-13-19-15-5-3-2-4-10-22(14)15/h13H,2-12H2,1H3. The number of hydrogen-bond acceptors (Lipinski definition) is 6. The smallest absolute Gasteiger partial charge is 0.227 e. The van der Waals surface area contributed by atoms with E-state index in [1.165, 1.54) is 30.8 Å². The Morgan fingerprint density at radius 3 is 2.92 bits per heavy atom. The van der Waals surface area contributed by atoms with Crippen LogP contribution in [-0.4, -0.2) is 40.0 Å². The van der Waals surface area contributed by atoms with Crippen molar-refractivity contribution >= 4 is 0 Å². The minimum absolute atomic E-state index is 0.465. The molecule has 136 valence electrons. The quantitative estimate of drug-likeness (QED) is 0.828. The maximum Gasteiger partial charge on any atom is 0.227 e. The second kappa shape index (κ2) is 7.25. The molecule has 1 saturated heterocycles. The van der Waals surface area contributed by atoms with Gasteiger partial charge in [-0.15, -0.1) is 0 Å². The Morgan fingerprint density at radius 2 is 2.08 bits per heavy atom. The van der Waals surface area contributed by atoms with Crippen LogP contribution in [0.15, 0.2) is 10.7 Å². The molecule has 0 unspecified atom stereocenters. The molecule has 2 aliphatic heterocycles. The molecule has 0 aliphatic carbocycles. The number of fused-ring (bicyclic) bond motifs is 1.